The number of rotatable bonds is 6. The fourth-order valence-corrected chi connectivity index (χ4v) is 3.52. The molecule has 0 aliphatic carbocycles. The largest absolute Gasteiger partial charge is 0.399 e. The molecule has 0 unspecified atom stereocenters. The van der Waals surface area contributed by atoms with Crippen LogP contribution in [-0.2, 0) is 13.1 Å². The first-order valence-corrected chi connectivity index (χ1v) is 9.77. The van der Waals surface area contributed by atoms with E-state index in [0.29, 0.717) is 5.69 Å². The summed E-state index contributed by atoms with van der Waals surface area (Å²) in [6.07, 6.45) is 0. The Balaban J connectivity index is 1.64. The van der Waals surface area contributed by atoms with Gasteiger partial charge in [-0.25, -0.2) is 0 Å². The van der Waals surface area contributed by atoms with Crippen LogP contribution in [-0.4, -0.2) is 0 Å². The maximum Gasteiger partial charge on any atom is 0.0433 e. The minimum Gasteiger partial charge on any atom is -0.399 e. The normalized spacial score (nSPS) is 10.6. The molecule has 0 amide bonds. The first kappa shape index (κ1) is 18.6. The Bertz CT molecular complexity index is 1020. The maximum absolute atomic E-state index is 6.16. The second-order valence-electron chi connectivity index (χ2n) is 7.22. The third-order valence-corrected chi connectivity index (χ3v) is 5.05. The van der Waals surface area contributed by atoms with Gasteiger partial charge >= 0.3 is 0 Å². The van der Waals surface area contributed by atoms with Gasteiger partial charge in [0.15, 0.2) is 0 Å². The number of anilines is 3. The third kappa shape index (κ3) is 4.58. The molecule has 0 saturated heterocycles. The van der Waals surface area contributed by atoms with Gasteiger partial charge in [0.1, 0.15) is 0 Å². The summed E-state index contributed by atoms with van der Waals surface area (Å²) in [4.78, 5) is 2.39. The standard InChI is InChI=1S/C26H25N3/c27-23-13-16-26(28)25(17-23)22-11-14-24(15-12-22)29(18-20-7-3-1-4-8-20)19-21-9-5-2-6-10-21/h1-17H,18-19,27-28H2. The van der Waals surface area contributed by atoms with Crippen molar-refractivity contribution in [2.24, 2.45) is 0 Å². The van der Waals surface area contributed by atoms with Crippen LogP contribution in [0.5, 0.6) is 0 Å². The number of nitrogens with zero attached hydrogens (tertiary/aromatic N) is 1. The van der Waals surface area contributed by atoms with Crippen molar-refractivity contribution in [3.8, 4) is 11.1 Å². The van der Waals surface area contributed by atoms with E-state index in [0.717, 1.165) is 29.9 Å². The van der Waals surface area contributed by atoms with Crippen molar-refractivity contribution < 1.29 is 0 Å². The van der Waals surface area contributed by atoms with Crippen LogP contribution in [0.15, 0.2) is 103 Å². The SMILES string of the molecule is Nc1ccc(N)c(-c2ccc(N(Cc3ccccc3)Cc3ccccc3)cc2)c1. The molecule has 4 aromatic carbocycles. The molecule has 0 aliphatic rings. The van der Waals surface area contributed by atoms with Crippen LogP contribution in [0.1, 0.15) is 11.1 Å². The quantitative estimate of drug-likeness (QED) is 0.421. The summed E-state index contributed by atoms with van der Waals surface area (Å²) in [5, 5.41) is 0. The average Bonchev–Trinajstić information content (AvgIpc) is 2.77. The summed E-state index contributed by atoms with van der Waals surface area (Å²) in [5.74, 6) is 0. The molecule has 144 valence electrons. The Labute approximate surface area is 172 Å². The van der Waals surface area contributed by atoms with E-state index in [-0.39, 0.29) is 0 Å². The second-order valence-corrected chi connectivity index (χ2v) is 7.22. The van der Waals surface area contributed by atoms with Crippen molar-refractivity contribution in [3.05, 3.63) is 114 Å². The molecule has 4 N–H and O–H groups in total. The van der Waals surface area contributed by atoms with E-state index in [9.17, 15) is 0 Å². The Morgan fingerprint density at radius 2 is 1.14 bits per heavy atom. The lowest BCUT2D eigenvalue weighted by atomic mass is 10.0. The number of nitrogens with two attached hydrogens (primary N) is 2. The Hall–Kier alpha value is -3.72. The summed E-state index contributed by atoms with van der Waals surface area (Å²) < 4.78 is 0. The van der Waals surface area contributed by atoms with E-state index in [1.54, 1.807) is 0 Å². The summed E-state index contributed by atoms with van der Waals surface area (Å²) in [5.41, 5.74) is 19.3. The monoisotopic (exact) mass is 379 g/mol. The molecule has 4 rings (SSSR count). The highest BCUT2D eigenvalue weighted by atomic mass is 15.1. The van der Waals surface area contributed by atoms with Crippen molar-refractivity contribution in [1.82, 2.24) is 0 Å². The van der Waals surface area contributed by atoms with Crippen LogP contribution >= 0.6 is 0 Å². The molecule has 0 aromatic heterocycles. The molecular formula is C26H25N3. The number of nitrogen functional groups attached to an aromatic ring is 2. The van der Waals surface area contributed by atoms with E-state index in [4.69, 9.17) is 11.5 Å². The smallest absolute Gasteiger partial charge is 0.0433 e. The number of hydrogen-bond acceptors (Lipinski definition) is 3. The fourth-order valence-electron chi connectivity index (χ4n) is 3.52. The van der Waals surface area contributed by atoms with Gasteiger partial charge in [-0.05, 0) is 47.0 Å². The van der Waals surface area contributed by atoms with E-state index in [2.05, 4.69) is 89.8 Å². The molecule has 0 radical (unpaired) electrons. The number of hydrogen-bond donors (Lipinski definition) is 2. The second kappa shape index (κ2) is 8.53. The van der Waals surface area contributed by atoms with Gasteiger partial charge in [0, 0.05) is 35.7 Å². The van der Waals surface area contributed by atoms with E-state index in [1.807, 2.05) is 18.2 Å². The van der Waals surface area contributed by atoms with Crippen LogP contribution in [0.25, 0.3) is 11.1 Å². The zero-order valence-electron chi connectivity index (χ0n) is 16.3. The van der Waals surface area contributed by atoms with Gasteiger partial charge in [0.2, 0.25) is 0 Å². The van der Waals surface area contributed by atoms with Crippen molar-refractivity contribution in [2.75, 3.05) is 16.4 Å². The molecule has 3 nitrogen and oxygen atoms in total. The maximum atomic E-state index is 6.16. The summed E-state index contributed by atoms with van der Waals surface area (Å²) in [7, 11) is 0. The summed E-state index contributed by atoms with van der Waals surface area (Å²) >= 11 is 0. The molecule has 0 bridgehead atoms. The highest BCUT2D eigenvalue weighted by Gasteiger charge is 2.10. The average molecular weight is 380 g/mol. The third-order valence-electron chi connectivity index (χ3n) is 5.05. The topological polar surface area (TPSA) is 55.3 Å². The van der Waals surface area contributed by atoms with Crippen molar-refractivity contribution in [1.29, 1.82) is 0 Å². The van der Waals surface area contributed by atoms with Crippen LogP contribution in [0, 0.1) is 0 Å². The zero-order valence-corrected chi connectivity index (χ0v) is 16.3. The van der Waals surface area contributed by atoms with E-state index < -0.39 is 0 Å². The Morgan fingerprint density at radius 1 is 0.586 bits per heavy atom. The highest BCUT2D eigenvalue weighted by molar-refractivity contribution is 5.80. The molecule has 0 atom stereocenters. The highest BCUT2D eigenvalue weighted by Crippen LogP contribution is 2.30. The molecule has 3 heteroatoms. The van der Waals surface area contributed by atoms with Crippen LogP contribution in [0.2, 0.25) is 0 Å². The molecule has 0 spiro atoms. The predicted molar refractivity (Wildman–Crippen MR) is 123 cm³/mol. The molecule has 0 heterocycles. The lowest BCUT2D eigenvalue weighted by Crippen LogP contribution is -2.22. The van der Waals surface area contributed by atoms with E-state index in [1.165, 1.54) is 16.8 Å². The van der Waals surface area contributed by atoms with Crippen molar-refractivity contribution in [3.63, 3.8) is 0 Å². The fraction of sp³-hybridized carbons (Fsp3) is 0.0769. The number of benzene rings is 4. The molecule has 29 heavy (non-hydrogen) atoms. The lowest BCUT2D eigenvalue weighted by Gasteiger charge is -2.25. The Kier molecular flexibility index (Phi) is 5.48. The minimum atomic E-state index is 0.716. The molecule has 0 fully saturated rings. The van der Waals surface area contributed by atoms with Gasteiger partial charge in [-0.2, -0.15) is 0 Å². The molecule has 0 saturated carbocycles. The van der Waals surface area contributed by atoms with E-state index >= 15 is 0 Å². The van der Waals surface area contributed by atoms with Gasteiger partial charge < -0.3 is 16.4 Å². The van der Waals surface area contributed by atoms with Gasteiger partial charge in [-0.15, -0.1) is 0 Å². The Morgan fingerprint density at radius 3 is 1.69 bits per heavy atom. The van der Waals surface area contributed by atoms with Gasteiger partial charge in [0.05, 0.1) is 0 Å². The lowest BCUT2D eigenvalue weighted by molar-refractivity contribution is 0.800. The van der Waals surface area contributed by atoms with Crippen LogP contribution in [0.3, 0.4) is 0 Å². The zero-order chi connectivity index (χ0) is 20.1. The van der Waals surface area contributed by atoms with Gasteiger partial charge in [-0.1, -0.05) is 72.8 Å². The van der Waals surface area contributed by atoms with Gasteiger partial charge in [0.25, 0.3) is 0 Å². The predicted octanol–water partition coefficient (Wildman–Crippen LogP) is 5.72. The molecule has 0 aliphatic heterocycles. The first-order valence-electron chi connectivity index (χ1n) is 9.77. The molecule has 4 aromatic rings. The van der Waals surface area contributed by atoms with Crippen molar-refractivity contribution in [2.45, 2.75) is 13.1 Å². The summed E-state index contributed by atoms with van der Waals surface area (Å²) in [6, 6.07) is 35.3. The first-order chi connectivity index (χ1) is 14.2. The van der Waals surface area contributed by atoms with Crippen LogP contribution < -0.4 is 16.4 Å². The van der Waals surface area contributed by atoms with Crippen molar-refractivity contribution >= 4 is 17.1 Å². The molecular weight excluding hydrogens is 354 g/mol. The summed E-state index contributed by atoms with van der Waals surface area (Å²) in [6.45, 7) is 1.69. The minimum absolute atomic E-state index is 0.716. The van der Waals surface area contributed by atoms with Gasteiger partial charge in [-0.3, -0.25) is 0 Å². The van der Waals surface area contributed by atoms with Crippen LogP contribution in [0.4, 0.5) is 17.1 Å².